The number of rotatable bonds is 1. The highest BCUT2D eigenvalue weighted by molar-refractivity contribution is 6.03. The smallest absolute Gasteiger partial charge is 0.250 e. The summed E-state index contributed by atoms with van der Waals surface area (Å²) in [6.07, 6.45) is 3.29. The lowest BCUT2D eigenvalue weighted by Crippen LogP contribution is -2.11. The lowest BCUT2D eigenvalue weighted by molar-refractivity contribution is 0.100. The van der Waals surface area contributed by atoms with Crippen LogP contribution in [0.2, 0.25) is 0 Å². The molecule has 2 aromatic heterocycles. The van der Waals surface area contributed by atoms with Gasteiger partial charge in [-0.05, 0) is 12.1 Å². The third kappa shape index (κ3) is 0.852. The van der Waals surface area contributed by atoms with E-state index in [1.807, 2.05) is 0 Å². The molecule has 60 valence electrons. The minimum Gasteiger partial charge on any atom is -0.366 e. The number of nitrogens with two attached hydrogens (primary N) is 1. The van der Waals surface area contributed by atoms with Gasteiger partial charge in [0.1, 0.15) is 0 Å². The predicted octanol–water partition coefficient (Wildman–Crippen LogP) is 0.662. The molecule has 3 N–H and O–H groups in total. The van der Waals surface area contributed by atoms with Gasteiger partial charge in [0.2, 0.25) is 0 Å². The molecule has 0 saturated carbocycles. The molecule has 0 aliphatic carbocycles. The molecule has 0 radical (unpaired) electrons. The van der Waals surface area contributed by atoms with Gasteiger partial charge >= 0.3 is 0 Å². The molecule has 0 saturated heterocycles. The maximum absolute atomic E-state index is 10.9. The second kappa shape index (κ2) is 2.34. The first-order valence-electron chi connectivity index (χ1n) is 3.51. The molecule has 2 rings (SSSR count). The third-order valence-corrected chi connectivity index (χ3v) is 1.71. The summed E-state index contributed by atoms with van der Waals surface area (Å²) in [7, 11) is 0. The Bertz CT molecular complexity index is 433. The molecule has 2 heterocycles. The van der Waals surface area contributed by atoms with Gasteiger partial charge < -0.3 is 10.7 Å². The zero-order valence-corrected chi connectivity index (χ0v) is 6.24. The quantitative estimate of drug-likeness (QED) is 0.644. The Labute approximate surface area is 68.4 Å². The fraction of sp³-hybridized carbons (Fsp3) is 0. The van der Waals surface area contributed by atoms with Crippen molar-refractivity contribution in [3.63, 3.8) is 0 Å². The van der Waals surface area contributed by atoms with Gasteiger partial charge in [0.05, 0.1) is 16.6 Å². The van der Waals surface area contributed by atoms with Crippen molar-refractivity contribution in [1.29, 1.82) is 0 Å². The molecule has 0 fully saturated rings. The summed E-state index contributed by atoms with van der Waals surface area (Å²) in [5.41, 5.74) is 7.08. The molecule has 1 amide bonds. The molecule has 0 unspecified atom stereocenters. The summed E-state index contributed by atoms with van der Waals surface area (Å²) in [4.78, 5) is 17.8. The van der Waals surface area contributed by atoms with Gasteiger partial charge in [-0.1, -0.05) is 0 Å². The topological polar surface area (TPSA) is 71.8 Å². The lowest BCUT2D eigenvalue weighted by atomic mass is 10.2. The molecule has 12 heavy (non-hydrogen) atoms. The molecule has 4 nitrogen and oxygen atoms in total. The molecule has 0 atom stereocenters. The van der Waals surface area contributed by atoms with Gasteiger partial charge in [-0.25, -0.2) is 0 Å². The van der Waals surface area contributed by atoms with Crippen LogP contribution in [0.1, 0.15) is 10.4 Å². The Morgan fingerprint density at radius 1 is 1.50 bits per heavy atom. The molecule has 2 aromatic rings. The minimum atomic E-state index is -0.440. The Kier molecular flexibility index (Phi) is 1.33. The number of hydrogen-bond donors (Lipinski definition) is 2. The van der Waals surface area contributed by atoms with E-state index in [0.717, 1.165) is 5.52 Å². The molecule has 0 aromatic carbocycles. The Morgan fingerprint density at radius 2 is 2.33 bits per heavy atom. The summed E-state index contributed by atoms with van der Waals surface area (Å²) >= 11 is 0. The summed E-state index contributed by atoms with van der Waals surface area (Å²) in [6, 6.07) is 3.39. The number of nitrogens with one attached hydrogen (secondary N) is 1. The van der Waals surface area contributed by atoms with E-state index >= 15 is 0 Å². The summed E-state index contributed by atoms with van der Waals surface area (Å²) in [5.74, 6) is -0.440. The van der Waals surface area contributed by atoms with Crippen LogP contribution in [0.25, 0.3) is 11.0 Å². The number of aromatic nitrogens is 2. The van der Waals surface area contributed by atoms with Crippen LogP contribution in [0.4, 0.5) is 0 Å². The van der Waals surface area contributed by atoms with E-state index in [4.69, 9.17) is 5.73 Å². The van der Waals surface area contributed by atoms with Crippen LogP contribution >= 0.6 is 0 Å². The molecule has 4 heteroatoms. The van der Waals surface area contributed by atoms with Crippen LogP contribution < -0.4 is 5.73 Å². The maximum Gasteiger partial charge on any atom is 0.250 e. The number of H-pyrrole nitrogens is 1. The van der Waals surface area contributed by atoms with Gasteiger partial charge in [-0.3, -0.25) is 9.78 Å². The Balaban J connectivity index is 2.82. The molecule has 0 aliphatic heterocycles. The van der Waals surface area contributed by atoms with Crippen molar-refractivity contribution in [1.82, 2.24) is 9.97 Å². The molecule has 0 bridgehead atoms. The average Bonchev–Trinajstić information content (AvgIpc) is 2.49. The van der Waals surface area contributed by atoms with Crippen molar-refractivity contribution in [3.05, 3.63) is 30.1 Å². The van der Waals surface area contributed by atoms with Crippen molar-refractivity contribution in [3.8, 4) is 0 Å². The van der Waals surface area contributed by atoms with Crippen LogP contribution in [0, 0.1) is 0 Å². The monoisotopic (exact) mass is 161 g/mol. The van der Waals surface area contributed by atoms with E-state index < -0.39 is 5.91 Å². The molecular formula is C8H7N3O. The largest absolute Gasteiger partial charge is 0.366 e. The van der Waals surface area contributed by atoms with E-state index in [1.54, 1.807) is 24.5 Å². The number of primary amides is 1. The number of pyridine rings is 1. The zero-order chi connectivity index (χ0) is 8.55. The number of aromatic amines is 1. The highest BCUT2D eigenvalue weighted by Crippen LogP contribution is 2.12. The van der Waals surface area contributed by atoms with E-state index in [2.05, 4.69) is 9.97 Å². The van der Waals surface area contributed by atoms with Gasteiger partial charge in [0, 0.05) is 12.4 Å². The van der Waals surface area contributed by atoms with Crippen molar-refractivity contribution >= 4 is 16.9 Å². The SMILES string of the molecule is NC(=O)c1ccnc2cc[nH]c12. The highest BCUT2D eigenvalue weighted by atomic mass is 16.1. The van der Waals surface area contributed by atoms with E-state index in [-0.39, 0.29) is 0 Å². The fourth-order valence-corrected chi connectivity index (χ4v) is 1.17. The maximum atomic E-state index is 10.9. The van der Waals surface area contributed by atoms with Crippen LogP contribution in [0.5, 0.6) is 0 Å². The van der Waals surface area contributed by atoms with Crippen molar-refractivity contribution < 1.29 is 4.79 Å². The van der Waals surface area contributed by atoms with Gasteiger partial charge in [0.25, 0.3) is 5.91 Å². The van der Waals surface area contributed by atoms with Gasteiger partial charge in [-0.15, -0.1) is 0 Å². The normalized spacial score (nSPS) is 10.3. The molecular weight excluding hydrogens is 154 g/mol. The number of hydrogen-bond acceptors (Lipinski definition) is 2. The number of amides is 1. The van der Waals surface area contributed by atoms with Gasteiger partial charge in [0.15, 0.2) is 0 Å². The average molecular weight is 161 g/mol. The third-order valence-electron chi connectivity index (χ3n) is 1.71. The first kappa shape index (κ1) is 6.84. The first-order chi connectivity index (χ1) is 5.79. The number of carbonyl (C=O) groups is 1. The Hall–Kier alpha value is -1.84. The summed E-state index contributed by atoms with van der Waals surface area (Å²) in [6.45, 7) is 0. The zero-order valence-electron chi connectivity index (χ0n) is 6.24. The lowest BCUT2D eigenvalue weighted by Gasteiger charge is -1.95. The summed E-state index contributed by atoms with van der Waals surface area (Å²) < 4.78 is 0. The second-order valence-corrected chi connectivity index (χ2v) is 2.46. The second-order valence-electron chi connectivity index (χ2n) is 2.46. The van der Waals surface area contributed by atoms with Crippen molar-refractivity contribution in [2.24, 2.45) is 5.73 Å². The number of carbonyl (C=O) groups excluding carboxylic acids is 1. The van der Waals surface area contributed by atoms with Crippen molar-refractivity contribution in [2.75, 3.05) is 0 Å². The van der Waals surface area contributed by atoms with Crippen LogP contribution in [0.15, 0.2) is 24.5 Å². The fourth-order valence-electron chi connectivity index (χ4n) is 1.17. The van der Waals surface area contributed by atoms with Gasteiger partial charge in [-0.2, -0.15) is 0 Å². The predicted molar refractivity (Wildman–Crippen MR) is 44.6 cm³/mol. The van der Waals surface area contributed by atoms with E-state index in [1.165, 1.54) is 0 Å². The Morgan fingerprint density at radius 3 is 3.08 bits per heavy atom. The first-order valence-corrected chi connectivity index (χ1v) is 3.51. The van der Waals surface area contributed by atoms with Crippen molar-refractivity contribution in [2.45, 2.75) is 0 Å². The van der Waals surface area contributed by atoms with Crippen LogP contribution in [0.3, 0.4) is 0 Å². The summed E-state index contributed by atoms with van der Waals surface area (Å²) in [5, 5.41) is 0. The van der Waals surface area contributed by atoms with E-state index in [0.29, 0.717) is 11.1 Å². The molecule has 0 aliphatic rings. The number of nitrogens with zero attached hydrogens (tertiary/aromatic N) is 1. The standard InChI is InChI=1S/C8H7N3O/c9-8(12)5-1-3-10-6-2-4-11-7(5)6/h1-4,11H,(H2,9,12). The highest BCUT2D eigenvalue weighted by Gasteiger charge is 2.06. The molecule has 0 spiro atoms. The minimum absolute atomic E-state index is 0.440. The van der Waals surface area contributed by atoms with Crippen LogP contribution in [-0.2, 0) is 0 Å². The number of fused-ring (bicyclic) bond motifs is 1. The van der Waals surface area contributed by atoms with Crippen LogP contribution in [-0.4, -0.2) is 15.9 Å². The van der Waals surface area contributed by atoms with E-state index in [9.17, 15) is 4.79 Å².